The van der Waals surface area contributed by atoms with E-state index in [0.717, 1.165) is 5.92 Å². The van der Waals surface area contributed by atoms with E-state index in [1.807, 2.05) is 22.6 Å². The number of halogens is 1. The predicted octanol–water partition coefficient (Wildman–Crippen LogP) is 1.16. The largest absolute Gasteiger partial charge is 0.345 e. The molecule has 0 atom stereocenters. The van der Waals surface area contributed by atoms with Crippen molar-refractivity contribution in [3.63, 3.8) is 0 Å². The highest BCUT2D eigenvalue weighted by molar-refractivity contribution is 14.1. The van der Waals surface area contributed by atoms with E-state index in [4.69, 9.17) is 0 Å². The van der Waals surface area contributed by atoms with E-state index in [1.54, 1.807) is 0 Å². The van der Waals surface area contributed by atoms with Gasteiger partial charge >= 0.3 is 0 Å². The highest BCUT2D eigenvalue weighted by atomic mass is 127. The van der Waals surface area contributed by atoms with Gasteiger partial charge in [0, 0.05) is 61.4 Å². The van der Waals surface area contributed by atoms with E-state index in [2.05, 4.69) is 22.2 Å². The van der Waals surface area contributed by atoms with Gasteiger partial charge in [0.25, 0.3) is 3.91 Å². The lowest BCUT2D eigenvalue weighted by molar-refractivity contribution is 0.102. The number of piperazine rings is 1. The third-order valence-electron chi connectivity index (χ3n) is 3.67. The molecule has 0 radical (unpaired) electrons. The molecule has 2 rings (SSSR count). The monoisotopic (exact) mass is 337 g/mol. The van der Waals surface area contributed by atoms with E-state index in [1.165, 1.54) is 45.6 Å². The molecule has 1 aliphatic carbocycles. The van der Waals surface area contributed by atoms with Crippen LogP contribution in [-0.2, 0) is 0 Å². The fourth-order valence-corrected chi connectivity index (χ4v) is 3.00. The maximum Gasteiger partial charge on any atom is 0.280 e. The molecule has 5 heteroatoms. The number of likely N-dealkylation sites (N-methyl/N-ethyl adjacent to an activating group) is 1. The van der Waals surface area contributed by atoms with Crippen molar-refractivity contribution in [1.29, 1.82) is 0 Å². The first-order valence-corrected chi connectivity index (χ1v) is 7.08. The Hall–Kier alpha value is 0.120. The van der Waals surface area contributed by atoms with Crippen LogP contribution >= 0.6 is 22.6 Å². The smallest absolute Gasteiger partial charge is 0.280 e. The van der Waals surface area contributed by atoms with Gasteiger partial charge < -0.3 is 15.1 Å². The van der Waals surface area contributed by atoms with Crippen LogP contribution in [0.3, 0.4) is 0 Å². The SMILES string of the molecule is CN1CCN(CC2CC(NC(=O)I)C2)CC1. The molecule has 0 bridgehead atoms. The van der Waals surface area contributed by atoms with Crippen molar-refractivity contribution in [3.8, 4) is 0 Å². The second-order valence-corrected chi connectivity index (χ2v) is 6.04. The van der Waals surface area contributed by atoms with Crippen LogP contribution in [0.15, 0.2) is 0 Å². The Labute approximate surface area is 111 Å². The maximum absolute atomic E-state index is 10.8. The van der Waals surface area contributed by atoms with E-state index in [9.17, 15) is 4.79 Å². The van der Waals surface area contributed by atoms with Crippen LogP contribution in [0.25, 0.3) is 0 Å². The van der Waals surface area contributed by atoms with Crippen molar-refractivity contribution in [3.05, 3.63) is 0 Å². The van der Waals surface area contributed by atoms with Crippen LogP contribution in [0, 0.1) is 5.92 Å². The van der Waals surface area contributed by atoms with E-state index in [0.29, 0.717) is 6.04 Å². The van der Waals surface area contributed by atoms with Gasteiger partial charge in [-0.05, 0) is 25.8 Å². The molecule has 2 fully saturated rings. The van der Waals surface area contributed by atoms with Crippen LogP contribution in [-0.4, -0.2) is 59.5 Å². The number of nitrogens with one attached hydrogen (secondary N) is 1. The van der Waals surface area contributed by atoms with E-state index in [-0.39, 0.29) is 3.91 Å². The van der Waals surface area contributed by atoms with Gasteiger partial charge in [0.05, 0.1) is 0 Å². The molecule has 0 aromatic carbocycles. The molecule has 92 valence electrons. The van der Waals surface area contributed by atoms with Crippen LogP contribution in [0.5, 0.6) is 0 Å². The average molecular weight is 337 g/mol. The molecular formula is C11H20IN3O. The first-order chi connectivity index (χ1) is 7.63. The van der Waals surface area contributed by atoms with Crippen LogP contribution in [0.4, 0.5) is 4.79 Å². The molecule has 0 spiro atoms. The van der Waals surface area contributed by atoms with Crippen LogP contribution in [0.2, 0.25) is 0 Å². The first-order valence-electron chi connectivity index (χ1n) is 6.00. The minimum atomic E-state index is 0.0839. The summed E-state index contributed by atoms with van der Waals surface area (Å²) in [6.45, 7) is 6.02. The Kier molecular flexibility index (Phi) is 4.43. The summed E-state index contributed by atoms with van der Waals surface area (Å²) < 4.78 is 0.0839. The lowest BCUT2D eigenvalue weighted by Crippen LogP contribution is -2.50. The third kappa shape index (κ3) is 3.56. The molecule has 1 aliphatic heterocycles. The Bertz CT molecular complexity index is 248. The molecule has 4 nitrogen and oxygen atoms in total. The summed E-state index contributed by atoms with van der Waals surface area (Å²) in [5.41, 5.74) is 0. The number of nitrogens with zero attached hydrogens (tertiary/aromatic N) is 2. The molecule has 2 aliphatic rings. The van der Waals surface area contributed by atoms with Gasteiger partial charge in [0.1, 0.15) is 0 Å². The number of hydrogen-bond donors (Lipinski definition) is 1. The minimum absolute atomic E-state index is 0.0839. The molecule has 1 saturated carbocycles. The quantitative estimate of drug-likeness (QED) is 0.477. The Morgan fingerprint density at radius 1 is 1.31 bits per heavy atom. The lowest BCUT2D eigenvalue weighted by atomic mass is 9.80. The lowest BCUT2D eigenvalue weighted by Gasteiger charge is -2.41. The number of amides is 1. The van der Waals surface area contributed by atoms with Crippen molar-refractivity contribution < 1.29 is 4.79 Å². The number of hydrogen-bond acceptors (Lipinski definition) is 3. The Morgan fingerprint density at radius 3 is 2.50 bits per heavy atom. The molecule has 1 N–H and O–H groups in total. The molecule has 1 amide bonds. The highest BCUT2D eigenvalue weighted by Crippen LogP contribution is 2.28. The summed E-state index contributed by atoms with van der Waals surface area (Å²) in [7, 11) is 2.19. The first kappa shape index (κ1) is 12.6. The third-order valence-corrected chi connectivity index (χ3v) is 3.98. The van der Waals surface area contributed by atoms with Gasteiger partial charge in [-0.3, -0.25) is 4.79 Å². The van der Waals surface area contributed by atoms with Crippen molar-refractivity contribution >= 4 is 26.5 Å². The predicted molar refractivity (Wildman–Crippen MR) is 73.0 cm³/mol. The van der Waals surface area contributed by atoms with Crippen molar-refractivity contribution in [1.82, 2.24) is 15.1 Å². The fourth-order valence-electron chi connectivity index (χ4n) is 2.56. The van der Waals surface area contributed by atoms with Crippen LogP contribution < -0.4 is 5.32 Å². The standard InChI is InChI=1S/C11H20IN3O/c1-14-2-4-15(5-3-14)8-9-6-10(7-9)13-11(12)16/h9-10H,2-8H2,1H3,(H,13,16). The normalized spacial score (nSPS) is 32.1. The number of rotatable bonds is 3. The maximum atomic E-state index is 10.8. The molecule has 0 unspecified atom stereocenters. The molecule has 16 heavy (non-hydrogen) atoms. The second kappa shape index (κ2) is 5.64. The molecule has 1 heterocycles. The topological polar surface area (TPSA) is 35.6 Å². The van der Waals surface area contributed by atoms with Gasteiger partial charge in [-0.2, -0.15) is 0 Å². The molecule has 0 aromatic heterocycles. The van der Waals surface area contributed by atoms with Gasteiger partial charge in [-0.15, -0.1) is 0 Å². The van der Waals surface area contributed by atoms with Gasteiger partial charge in [-0.25, -0.2) is 0 Å². The summed E-state index contributed by atoms with van der Waals surface area (Å²) in [5, 5.41) is 2.97. The van der Waals surface area contributed by atoms with Gasteiger partial charge in [0.2, 0.25) is 0 Å². The highest BCUT2D eigenvalue weighted by Gasteiger charge is 2.31. The molecular weight excluding hydrogens is 317 g/mol. The zero-order valence-electron chi connectivity index (χ0n) is 9.79. The summed E-state index contributed by atoms with van der Waals surface area (Å²) in [4.78, 5) is 15.8. The summed E-state index contributed by atoms with van der Waals surface area (Å²) >= 11 is 1.81. The second-order valence-electron chi connectivity index (χ2n) is 5.06. The summed E-state index contributed by atoms with van der Waals surface area (Å²) in [5.74, 6) is 0.802. The Balaban J connectivity index is 1.60. The zero-order chi connectivity index (χ0) is 11.5. The summed E-state index contributed by atoms with van der Waals surface area (Å²) in [6, 6.07) is 0.446. The number of carbonyl (C=O) groups is 1. The fraction of sp³-hybridized carbons (Fsp3) is 0.909. The summed E-state index contributed by atoms with van der Waals surface area (Å²) in [6.07, 6.45) is 2.34. The van der Waals surface area contributed by atoms with Crippen molar-refractivity contribution in [2.24, 2.45) is 5.92 Å². The van der Waals surface area contributed by atoms with Gasteiger partial charge in [0.15, 0.2) is 0 Å². The number of carbonyl (C=O) groups excluding carboxylic acids is 1. The average Bonchev–Trinajstić information content (AvgIpc) is 2.17. The van der Waals surface area contributed by atoms with E-state index >= 15 is 0 Å². The Morgan fingerprint density at radius 2 is 1.94 bits per heavy atom. The zero-order valence-corrected chi connectivity index (χ0v) is 11.9. The van der Waals surface area contributed by atoms with Crippen LogP contribution in [0.1, 0.15) is 12.8 Å². The van der Waals surface area contributed by atoms with Crippen molar-refractivity contribution in [2.45, 2.75) is 18.9 Å². The molecule has 0 aromatic rings. The minimum Gasteiger partial charge on any atom is -0.345 e. The van der Waals surface area contributed by atoms with E-state index < -0.39 is 0 Å². The van der Waals surface area contributed by atoms with Crippen molar-refractivity contribution in [2.75, 3.05) is 39.8 Å². The molecule has 1 saturated heterocycles. The van der Waals surface area contributed by atoms with Gasteiger partial charge in [-0.1, -0.05) is 0 Å².